The van der Waals surface area contributed by atoms with Gasteiger partial charge in [-0.2, -0.15) is 4.72 Å². The highest BCUT2D eigenvalue weighted by Crippen LogP contribution is 2.28. The Kier molecular flexibility index (Phi) is 4.70. The summed E-state index contributed by atoms with van der Waals surface area (Å²) < 4.78 is 25.7. The predicted octanol–water partition coefficient (Wildman–Crippen LogP) is 1.27. The van der Waals surface area contributed by atoms with Gasteiger partial charge in [-0.3, -0.25) is 4.79 Å². The van der Waals surface area contributed by atoms with Crippen molar-refractivity contribution >= 4 is 16.0 Å². The van der Waals surface area contributed by atoms with Crippen LogP contribution in [0.5, 0.6) is 0 Å². The van der Waals surface area contributed by atoms with Crippen molar-refractivity contribution in [2.45, 2.75) is 44.1 Å². The zero-order valence-electron chi connectivity index (χ0n) is 9.81. The average Bonchev–Trinajstić information content (AvgIpc) is 2.43. The summed E-state index contributed by atoms with van der Waals surface area (Å²) >= 11 is 0. The van der Waals surface area contributed by atoms with Crippen molar-refractivity contribution in [3.05, 3.63) is 12.7 Å². The Morgan fingerprint density at radius 1 is 1.29 bits per heavy atom. The second-order valence-electron chi connectivity index (χ2n) is 4.47. The molecule has 17 heavy (non-hydrogen) atoms. The summed E-state index contributed by atoms with van der Waals surface area (Å²) in [5.41, 5.74) is -1.32. The van der Waals surface area contributed by atoms with Crippen molar-refractivity contribution in [3.8, 4) is 0 Å². The van der Waals surface area contributed by atoms with Crippen molar-refractivity contribution in [1.82, 2.24) is 4.72 Å². The normalized spacial score (nSPS) is 20.5. The Morgan fingerprint density at radius 3 is 2.24 bits per heavy atom. The molecule has 1 aliphatic carbocycles. The van der Waals surface area contributed by atoms with E-state index in [0.717, 1.165) is 25.7 Å². The molecule has 5 nitrogen and oxygen atoms in total. The van der Waals surface area contributed by atoms with Gasteiger partial charge >= 0.3 is 5.97 Å². The largest absolute Gasteiger partial charge is 0.480 e. The van der Waals surface area contributed by atoms with E-state index in [-0.39, 0.29) is 5.75 Å². The van der Waals surface area contributed by atoms with Gasteiger partial charge in [0.25, 0.3) is 0 Å². The number of sulfonamides is 1. The van der Waals surface area contributed by atoms with Crippen LogP contribution in [0.25, 0.3) is 0 Å². The first kappa shape index (κ1) is 14.2. The van der Waals surface area contributed by atoms with Crippen LogP contribution in [0, 0.1) is 0 Å². The first-order valence-corrected chi connectivity index (χ1v) is 7.43. The van der Waals surface area contributed by atoms with E-state index in [1.54, 1.807) is 0 Å². The molecule has 0 spiro atoms. The molecule has 0 aromatic carbocycles. The van der Waals surface area contributed by atoms with Gasteiger partial charge in [0.05, 0.1) is 5.75 Å². The van der Waals surface area contributed by atoms with E-state index in [2.05, 4.69) is 11.3 Å². The number of aliphatic carboxylic acids is 1. The molecule has 0 atom stereocenters. The van der Waals surface area contributed by atoms with Gasteiger partial charge in [-0.1, -0.05) is 31.8 Å². The Hall–Kier alpha value is -0.880. The molecule has 1 aliphatic rings. The van der Waals surface area contributed by atoms with E-state index in [4.69, 9.17) is 0 Å². The maximum absolute atomic E-state index is 11.7. The highest BCUT2D eigenvalue weighted by molar-refractivity contribution is 7.89. The zero-order valence-corrected chi connectivity index (χ0v) is 10.6. The minimum absolute atomic E-state index is 0.248. The number of nitrogens with one attached hydrogen (secondary N) is 1. The Labute approximate surface area is 102 Å². The van der Waals surface area contributed by atoms with Gasteiger partial charge < -0.3 is 5.11 Å². The smallest absolute Gasteiger partial charge is 0.324 e. The lowest BCUT2D eigenvalue weighted by molar-refractivity contribution is -0.144. The van der Waals surface area contributed by atoms with Gasteiger partial charge in [0.2, 0.25) is 10.0 Å². The van der Waals surface area contributed by atoms with Gasteiger partial charge in [0, 0.05) is 0 Å². The number of hydrogen-bond donors (Lipinski definition) is 2. The minimum Gasteiger partial charge on any atom is -0.480 e. The highest BCUT2D eigenvalue weighted by atomic mass is 32.2. The molecule has 6 heteroatoms. The lowest BCUT2D eigenvalue weighted by Crippen LogP contribution is -2.54. The summed E-state index contributed by atoms with van der Waals surface area (Å²) in [5.74, 6) is -1.32. The van der Waals surface area contributed by atoms with Crippen LogP contribution in [0.4, 0.5) is 0 Å². The van der Waals surface area contributed by atoms with Crippen molar-refractivity contribution in [3.63, 3.8) is 0 Å². The summed E-state index contributed by atoms with van der Waals surface area (Å²) in [6.45, 7) is 3.36. The summed E-state index contributed by atoms with van der Waals surface area (Å²) in [4.78, 5) is 11.4. The lowest BCUT2D eigenvalue weighted by Gasteiger charge is -2.28. The number of carboxylic acids is 1. The third kappa shape index (κ3) is 3.81. The lowest BCUT2D eigenvalue weighted by atomic mass is 9.92. The van der Waals surface area contributed by atoms with E-state index >= 15 is 0 Å². The molecule has 2 N–H and O–H groups in total. The SMILES string of the molecule is C=CCS(=O)(=O)NC1(C(=O)O)CCCCCC1. The van der Waals surface area contributed by atoms with E-state index in [1.165, 1.54) is 6.08 Å². The number of carboxylic acid groups (broad SMARTS) is 1. The predicted molar refractivity (Wildman–Crippen MR) is 65.2 cm³/mol. The number of rotatable bonds is 5. The second-order valence-corrected chi connectivity index (χ2v) is 6.24. The minimum atomic E-state index is -3.60. The second kappa shape index (κ2) is 5.64. The van der Waals surface area contributed by atoms with Crippen LogP contribution in [0.15, 0.2) is 12.7 Å². The van der Waals surface area contributed by atoms with E-state index in [9.17, 15) is 18.3 Å². The topological polar surface area (TPSA) is 83.5 Å². The van der Waals surface area contributed by atoms with Crippen LogP contribution >= 0.6 is 0 Å². The fourth-order valence-electron chi connectivity index (χ4n) is 2.19. The average molecular weight is 261 g/mol. The molecule has 0 heterocycles. The van der Waals surface area contributed by atoms with Gasteiger partial charge in [-0.05, 0) is 12.8 Å². The number of carbonyl (C=O) groups is 1. The van der Waals surface area contributed by atoms with Crippen molar-refractivity contribution < 1.29 is 18.3 Å². The highest BCUT2D eigenvalue weighted by Gasteiger charge is 2.41. The molecular formula is C11H19NO4S. The molecular weight excluding hydrogens is 242 g/mol. The Morgan fingerprint density at radius 2 is 1.82 bits per heavy atom. The third-order valence-corrected chi connectivity index (χ3v) is 4.43. The monoisotopic (exact) mass is 261 g/mol. The quantitative estimate of drug-likeness (QED) is 0.576. The molecule has 0 aromatic heterocycles. The fourth-order valence-corrected chi connectivity index (χ4v) is 3.47. The standard InChI is InChI=1S/C11H19NO4S/c1-2-9-17(15,16)12-11(10(13)14)7-5-3-4-6-8-11/h2,12H,1,3-9H2,(H,13,14). The van der Waals surface area contributed by atoms with E-state index in [0.29, 0.717) is 12.8 Å². The third-order valence-electron chi connectivity index (χ3n) is 3.05. The van der Waals surface area contributed by atoms with Crippen molar-refractivity contribution in [2.24, 2.45) is 0 Å². The molecule has 0 radical (unpaired) electrons. The van der Waals surface area contributed by atoms with Gasteiger partial charge in [-0.15, -0.1) is 6.58 Å². The van der Waals surface area contributed by atoms with Crippen LogP contribution < -0.4 is 4.72 Å². The molecule has 0 unspecified atom stereocenters. The summed E-state index contributed by atoms with van der Waals surface area (Å²) in [6, 6.07) is 0. The van der Waals surface area contributed by atoms with Crippen LogP contribution in [0.2, 0.25) is 0 Å². The van der Waals surface area contributed by atoms with Crippen molar-refractivity contribution in [1.29, 1.82) is 0 Å². The van der Waals surface area contributed by atoms with Crippen LogP contribution in [0.3, 0.4) is 0 Å². The molecule has 98 valence electrons. The first-order valence-electron chi connectivity index (χ1n) is 5.78. The zero-order chi connectivity index (χ0) is 12.9. The maximum atomic E-state index is 11.7. The van der Waals surface area contributed by atoms with Crippen molar-refractivity contribution in [2.75, 3.05) is 5.75 Å². The van der Waals surface area contributed by atoms with Crippen LogP contribution in [0.1, 0.15) is 38.5 Å². The molecule has 1 rings (SSSR count). The molecule has 0 bridgehead atoms. The van der Waals surface area contributed by atoms with Crippen LogP contribution in [-0.4, -0.2) is 30.8 Å². The van der Waals surface area contributed by atoms with Crippen LogP contribution in [-0.2, 0) is 14.8 Å². The van der Waals surface area contributed by atoms with Gasteiger partial charge in [0.15, 0.2) is 0 Å². The van der Waals surface area contributed by atoms with E-state index in [1.807, 2.05) is 0 Å². The summed E-state index contributed by atoms with van der Waals surface area (Å²) in [5, 5.41) is 9.29. The molecule has 0 aliphatic heterocycles. The molecule has 0 saturated heterocycles. The maximum Gasteiger partial charge on any atom is 0.324 e. The summed E-state index contributed by atoms with van der Waals surface area (Å²) in [7, 11) is -3.60. The Bertz CT molecular complexity index is 380. The number of hydrogen-bond acceptors (Lipinski definition) is 3. The molecule has 1 saturated carbocycles. The molecule has 0 amide bonds. The van der Waals surface area contributed by atoms with Gasteiger partial charge in [0.1, 0.15) is 5.54 Å². The fraction of sp³-hybridized carbons (Fsp3) is 0.727. The molecule has 0 aromatic rings. The van der Waals surface area contributed by atoms with E-state index < -0.39 is 21.5 Å². The van der Waals surface area contributed by atoms with Gasteiger partial charge in [-0.25, -0.2) is 8.42 Å². The Balaban J connectivity index is 2.91. The first-order chi connectivity index (χ1) is 7.92. The molecule has 1 fully saturated rings. The summed E-state index contributed by atoms with van der Waals surface area (Å²) in [6.07, 6.45) is 5.37.